The van der Waals surface area contributed by atoms with E-state index in [1.807, 2.05) is 11.8 Å². The van der Waals surface area contributed by atoms with Gasteiger partial charge >= 0.3 is 0 Å². The zero-order valence-electron chi connectivity index (χ0n) is 11.9. The molecule has 0 spiro atoms. The van der Waals surface area contributed by atoms with E-state index in [-0.39, 0.29) is 11.6 Å². The third-order valence-corrected chi connectivity index (χ3v) is 3.49. The lowest BCUT2D eigenvalue weighted by Gasteiger charge is -2.24. The number of para-hydroxylation sites is 1. The summed E-state index contributed by atoms with van der Waals surface area (Å²) < 4.78 is 19.0. The number of aromatic hydroxyl groups is 1. The Morgan fingerprint density at radius 3 is 2.62 bits per heavy atom. The van der Waals surface area contributed by atoms with Crippen molar-refractivity contribution in [3.05, 3.63) is 52.8 Å². The average Bonchev–Trinajstić information content (AvgIpc) is 2.48. The molecular formula is C16H17ClFNO2. The smallest absolute Gasteiger partial charge is 0.162 e. The monoisotopic (exact) mass is 309 g/mol. The highest BCUT2D eigenvalue weighted by Gasteiger charge is 2.15. The largest absolute Gasteiger partial charge is 0.504 e. The number of hydrogen-bond acceptors (Lipinski definition) is 3. The molecule has 0 atom stereocenters. The molecule has 0 saturated carbocycles. The van der Waals surface area contributed by atoms with Crippen LogP contribution < -0.4 is 9.64 Å². The molecule has 112 valence electrons. The van der Waals surface area contributed by atoms with Crippen LogP contribution in [0.25, 0.3) is 0 Å². The topological polar surface area (TPSA) is 32.7 Å². The van der Waals surface area contributed by atoms with E-state index < -0.39 is 0 Å². The van der Waals surface area contributed by atoms with Gasteiger partial charge in [0, 0.05) is 29.7 Å². The molecule has 2 aromatic carbocycles. The summed E-state index contributed by atoms with van der Waals surface area (Å²) in [7, 11) is 1.46. The average molecular weight is 310 g/mol. The molecule has 0 radical (unpaired) electrons. The number of rotatable bonds is 5. The third-order valence-electron chi connectivity index (χ3n) is 3.27. The summed E-state index contributed by atoms with van der Waals surface area (Å²) in [4.78, 5) is 1.82. The Morgan fingerprint density at radius 1 is 1.29 bits per heavy atom. The van der Waals surface area contributed by atoms with Crippen LogP contribution in [0.5, 0.6) is 11.5 Å². The lowest BCUT2D eigenvalue weighted by molar-refractivity contribution is 0.370. The Labute approximate surface area is 128 Å². The van der Waals surface area contributed by atoms with Gasteiger partial charge in [0.15, 0.2) is 11.5 Å². The summed E-state index contributed by atoms with van der Waals surface area (Å²) in [5.74, 6) is 0.0339. The van der Waals surface area contributed by atoms with Gasteiger partial charge in [-0.05, 0) is 25.1 Å². The maximum Gasteiger partial charge on any atom is 0.162 e. The Kier molecular flexibility index (Phi) is 4.91. The van der Waals surface area contributed by atoms with E-state index in [0.717, 1.165) is 0 Å². The van der Waals surface area contributed by atoms with Crippen molar-refractivity contribution in [3.8, 4) is 11.5 Å². The van der Waals surface area contributed by atoms with Crippen molar-refractivity contribution in [3.63, 3.8) is 0 Å². The number of nitrogens with zero attached hydrogens (tertiary/aromatic N) is 1. The minimum atomic E-state index is -0.298. The molecule has 0 aliphatic heterocycles. The first-order chi connectivity index (χ1) is 10.1. The highest BCUT2D eigenvalue weighted by molar-refractivity contribution is 6.30. The lowest BCUT2D eigenvalue weighted by atomic mass is 10.1. The highest BCUT2D eigenvalue weighted by Crippen LogP contribution is 2.35. The first-order valence-electron chi connectivity index (χ1n) is 6.61. The minimum Gasteiger partial charge on any atom is -0.504 e. The molecule has 0 fully saturated rings. The molecule has 0 bridgehead atoms. The van der Waals surface area contributed by atoms with Crippen molar-refractivity contribution in [1.29, 1.82) is 0 Å². The molecule has 0 amide bonds. The van der Waals surface area contributed by atoms with Gasteiger partial charge in [-0.2, -0.15) is 0 Å². The predicted molar refractivity (Wildman–Crippen MR) is 82.8 cm³/mol. The van der Waals surface area contributed by atoms with E-state index in [0.29, 0.717) is 35.1 Å². The van der Waals surface area contributed by atoms with Crippen molar-refractivity contribution >= 4 is 17.3 Å². The molecule has 0 aliphatic rings. The quantitative estimate of drug-likeness (QED) is 0.897. The number of hydrogen-bond donors (Lipinski definition) is 1. The Bertz CT molecular complexity index is 634. The lowest BCUT2D eigenvalue weighted by Crippen LogP contribution is -2.23. The number of anilines is 1. The molecule has 1 N–H and O–H groups in total. The van der Waals surface area contributed by atoms with Gasteiger partial charge in [0.2, 0.25) is 0 Å². The fraction of sp³-hybridized carbons (Fsp3) is 0.250. The normalized spacial score (nSPS) is 10.5. The van der Waals surface area contributed by atoms with Crippen LogP contribution in [0.1, 0.15) is 12.5 Å². The fourth-order valence-corrected chi connectivity index (χ4v) is 2.42. The molecule has 0 aromatic heterocycles. The maximum absolute atomic E-state index is 13.9. The molecule has 5 heteroatoms. The summed E-state index contributed by atoms with van der Waals surface area (Å²) in [6, 6.07) is 9.74. The molecule has 21 heavy (non-hydrogen) atoms. The van der Waals surface area contributed by atoms with Gasteiger partial charge in [0.1, 0.15) is 5.82 Å². The third kappa shape index (κ3) is 3.39. The van der Waals surface area contributed by atoms with Crippen LogP contribution in [0.3, 0.4) is 0 Å². The molecule has 0 saturated heterocycles. The summed E-state index contributed by atoms with van der Waals surface area (Å²) in [6.45, 7) is 2.85. The van der Waals surface area contributed by atoms with E-state index >= 15 is 0 Å². The van der Waals surface area contributed by atoms with Crippen molar-refractivity contribution in [1.82, 2.24) is 0 Å². The number of phenolic OH excluding ortho intramolecular Hbond substituents is 1. The predicted octanol–water partition coefficient (Wildman–Crippen LogP) is 4.22. The maximum atomic E-state index is 13.9. The van der Waals surface area contributed by atoms with Crippen molar-refractivity contribution in [2.45, 2.75) is 13.5 Å². The summed E-state index contributed by atoms with van der Waals surface area (Å²) in [5, 5.41) is 10.6. The molecule has 0 unspecified atom stereocenters. The van der Waals surface area contributed by atoms with Gasteiger partial charge in [-0.3, -0.25) is 0 Å². The van der Waals surface area contributed by atoms with E-state index in [1.165, 1.54) is 13.2 Å². The van der Waals surface area contributed by atoms with Gasteiger partial charge in [0.05, 0.1) is 12.8 Å². The van der Waals surface area contributed by atoms with Crippen LogP contribution in [0.2, 0.25) is 5.02 Å². The second-order valence-electron chi connectivity index (χ2n) is 4.58. The van der Waals surface area contributed by atoms with Gasteiger partial charge in [-0.15, -0.1) is 0 Å². The SMILES string of the molecule is CCN(Cc1cc(Cl)cc(OC)c1O)c1ccccc1F. The molecular weight excluding hydrogens is 293 g/mol. The van der Waals surface area contributed by atoms with Gasteiger partial charge in [0.25, 0.3) is 0 Å². The van der Waals surface area contributed by atoms with Crippen LogP contribution in [-0.4, -0.2) is 18.8 Å². The minimum absolute atomic E-state index is 0.0247. The zero-order valence-corrected chi connectivity index (χ0v) is 12.7. The molecule has 3 nitrogen and oxygen atoms in total. The van der Waals surface area contributed by atoms with Crippen LogP contribution in [-0.2, 0) is 6.54 Å². The number of methoxy groups -OCH3 is 1. The van der Waals surface area contributed by atoms with Crippen molar-refractivity contribution in [2.75, 3.05) is 18.6 Å². The first-order valence-corrected chi connectivity index (χ1v) is 6.99. The Balaban J connectivity index is 2.36. The first kappa shape index (κ1) is 15.4. The van der Waals surface area contributed by atoms with Gasteiger partial charge < -0.3 is 14.7 Å². The highest BCUT2D eigenvalue weighted by atomic mass is 35.5. The number of benzene rings is 2. The van der Waals surface area contributed by atoms with E-state index in [1.54, 1.807) is 30.3 Å². The van der Waals surface area contributed by atoms with E-state index in [9.17, 15) is 9.50 Å². The molecule has 0 aliphatic carbocycles. The van der Waals surface area contributed by atoms with E-state index in [4.69, 9.17) is 16.3 Å². The Hall–Kier alpha value is -1.94. The Morgan fingerprint density at radius 2 is 2.00 bits per heavy atom. The second-order valence-corrected chi connectivity index (χ2v) is 5.02. The van der Waals surface area contributed by atoms with Crippen LogP contribution >= 0.6 is 11.6 Å². The summed E-state index contributed by atoms with van der Waals surface area (Å²) in [6.07, 6.45) is 0. The number of halogens is 2. The fourth-order valence-electron chi connectivity index (χ4n) is 2.19. The van der Waals surface area contributed by atoms with Crippen LogP contribution in [0.15, 0.2) is 36.4 Å². The number of ether oxygens (including phenoxy) is 1. The number of phenols is 1. The zero-order chi connectivity index (χ0) is 15.4. The van der Waals surface area contributed by atoms with Crippen molar-refractivity contribution in [2.24, 2.45) is 0 Å². The van der Waals surface area contributed by atoms with Gasteiger partial charge in [-0.25, -0.2) is 4.39 Å². The van der Waals surface area contributed by atoms with Crippen molar-refractivity contribution < 1.29 is 14.2 Å². The van der Waals surface area contributed by atoms with Gasteiger partial charge in [-0.1, -0.05) is 23.7 Å². The molecule has 2 aromatic rings. The summed E-state index contributed by atoms with van der Waals surface area (Å²) >= 11 is 6.02. The summed E-state index contributed by atoms with van der Waals surface area (Å²) in [5.41, 5.74) is 1.07. The van der Waals surface area contributed by atoms with Crippen LogP contribution in [0.4, 0.5) is 10.1 Å². The molecule has 2 rings (SSSR count). The van der Waals surface area contributed by atoms with E-state index in [2.05, 4.69) is 0 Å². The molecule has 0 heterocycles. The van der Waals surface area contributed by atoms with Crippen LogP contribution in [0, 0.1) is 5.82 Å². The second kappa shape index (κ2) is 6.68. The standard InChI is InChI=1S/C16H17ClFNO2/c1-3-19(14-7-5-4-6-13(14)18)10-11-8-12(17)9-15(21-2)16(11)20/h4-9,20H,3,10H2,1-2H3.